The molecule has 0 saturated heterocycles. The second-order valence-corrected chi connectivity index (χ2v) is 4.91. The van der Waals surface area contributed by atoms with Crippen LogP contribution in [0.1, 0.15) is 12.5 Å². The Bertz CT molecular complexity index is 613. The summed E-state index contributed by atoms with van der Waals surface area (Å²) in [5.74, 6) is 1.43. The molecule has 5 nitrogen and oxygen atoms in total. The van der Waals surface area contributed by atoms with E-state index < -0.39 is 0 Å². The molecule has 2 aromatic rings. The maximum absolute atomic E-state index is 11.4. The first-order valence-electron chi connectivity index (χ1n) is 5.89. The zero-order valence-corrected chi connectivity index (χ0v) is 12.6. The molecule has 1 aromatic heterocycles. The molecule has 0 amide bonds. The number of nitrogens with one attached hydrogen (secondary N) is 2. The predicted octanol–water partition coefficient (Wildman–Crippen LogP) is 2.39. The Morgan fingerprint density at radius 2 is 2.32 bits per heavy atom. The summed E-state index contributed by atoms with van der Waals surface area (Å²) in [6.07, 6.45) is 1.39. The van der Waals surface area contributed by atoms with Crippen LogP contribution in [0.15, 0.2) is 35.4 Å². The van der Waals surface area contributed by atoms with E-state index in [9.17, 15) is 4.79 Å². The van der Waals surface area contributed by atoms with Gasteiger partial charge in [-0.1, -0.05) is 12.1 Å². The van der Waals surface area contributed by atoms with Crippen molar-refractivity contribution in [2.45, 2.75) is 13.5 Å². The molecule has 0 fully saturated rings. The van der Waals surface area contributed by atoms with Gasteiger partial charge in [0.25, 0.3) is 5.56 Å². The van der Waals surface area contributed by atoms with Gasteiger partial charge in [-0.05, 0) is 47.2 Å². The number of H-pyrrole nitrogens is 1. The van der Waals surface area contributed by atoms with Crippen LogP contribution in [0.4, 0.5) is 5.82 Å². The standard InChI is InChI=1S/C13H14IN3O2/c1-2-19-10-5-3-4-9(6-10)7-15-12-11(14)13(18)17-8-16-12/h3-6,8H,2,7H2,1H3,(H2,15,16,17,18). The van der Waals surface area contributed by atoms with Gasteiger partial charge in [0, 0.05) is 6.54 Å². The molecule has 2 rings (SSSR count). The number of benzene rings is 1. The monoisotopic (exact) mass is 371 g/mol. The van der Waals surface area contributed by atoms with E-state index in [1.165, 1.54) is 6.33 Å². The quantitative estimate of drug-likeness (QED) is 0.793. The fraction of sp³-hybridized carbons (Fsp3) is 0.231. The lowest BCUT2D eigenvalue weighted by atomic mass is 10.2. The van der Waals surface area contributed by atoms with Gasteiger partial charge in [0.05, 0.1) is 12.9 Å². The van der Waals surface area contributed by atoms with Crippen LogP contribution >= 0.6 is 22.6 Å². The molecule has 0 aliphatic rings. The number of rotatable bonds is 5. The van der Waals surface area contributed by atoms with Gasteiger partial charge in [-0.3, -0.25) is 4.79 Å². The minimum atomic E-state index is -0.138. The maximum Gasteiger partial charge on any atom is 0.266 e. The van der Waals surface area contributed by atoms with Gasteiger partial charge in [-0.2, -0.15) is 0 Å². The second-order valence-electron chi connectivity index (χ2n) is 3.83. The van der Waals surface area contributed by atoms with Crippen LogP contribution < -0.4 is 15.6 Å². The third-order valence-corrected chi connectivity index (χ3v) is 3.47. The van der Waals surface area contributed by atoms with Gasteiger partial charge in [-0.25, -0.2) is 4.98 Å². The summed E-state index contributed by atoms with van der Waals surface area (Å²) in [6.45, 7) is 3.19. The first-order chi connectivity index (χ1) is 9.20. The van der Waals surface area contributed by atoms with Gasteiger partial charge >= 0.3 is 0 Å². The molecule has 0 aliphatic heterocycles. The number of aromatic amines is 1. The highest BCUT2D eigenvalue weighted by Gasteiger charge is 2.04. The van der Waals surface area contributed by atoms with Gasteiger partial charge < -0.3 is 15.0 Å². The number of hydrogen-bond acceptors (Lipinski definition) is 4. The Labute approximate surface area is 124 Å². The van der Waals surface area contributed by atoms with Gasteiger partial charge in [-0.15, -0.1) is 0 Å². The molecule has 19 heavy (non-hydrogen) atoms. The van der Waals surface area contributed by atoms with E-state index in [1.807, 2.05) is 53.8 Å². The lowest BCUT2D eigenvalue weighted by Crippen LogP contribution is -2.14. The number of nitrogens with zero attached hydrogens (tertiary/aromatic N) is 1. The lowest BCUT2D eigenvalue weighted by Gasteiger charge is -2.08. The highest BCUT2D eigenvalue weighted by molar-refractivity contribution is 14.1. The van der Waals surface area contributed by atoms with E-state index in [1.54, 1.807) is 0 Å². The van der Waals surface area contributed by atoms with E-state index >= 15 is 0 Å². The molecule has 0 saturated carbocycles. The Hall–Kier alpha value is -1.57. The predicted molar refractivity (Wildman–Crippen MR) is 82.5 cm³/mol. The van der Waals surface area contributed by atoms with Crippen molar-refractivity contribution in [2.75, 3.05) is 11.9 Å². The van der Waals surface area contributed by atoms with Crippen LogP contribution in [-0.4, -0.2) is 16.6 Å². The van der Waals surface area contributed by atoms with Crippen molar-refractivity contribution in [3.63, 3.8) is 0 Å². The van der Waals surface area contributed by atoms with Crippen molar-refractivity contribution in [1.29, 1.82) is 0 Å². The molecular weight excluding hydrogens is 357 g/mol. The normalized spacial score (nSPS) is 10.2. The first-order valence-corrected chi connectivity index (χ1v) is 6.97. The van der Waals surface area contributed by atoms with Crippen molar-refractivity contribution >= 4 is 28.4 Å². The minimum absolute atomic E-state index is 0.138. The molecule has 6 heteroatoms. The summed E-state index contributed by atoms with van der Waals surface area (Å²) in [4.78, 5) is 18.1. The van der Waals surface area contributed by atoms with Crippen molar-refractivity contribution < 1.29 is 4.74 Å². The summed E-state index contributed by atoms with van der Waals surface area (Å²) in [5.41, 5.74) is 0.935. The van der Waals surface area contributed by atoms with Crippen LogP contribution in [0.25, 0.3) is 0 Å². The molecule has 0 aliphatic carbocycles. The van der Waals surface area contributed by atoms with Crippen molar-refractivity contribution in [1.82, 2.24) is 9.97 Å². The molecule has 100 valence electrons. The Morgan fingerprint density at radius 3 is 3.11 bits per heavy atom. The van der Waals surface area contributed by atoms with E-state index in [4.69, 9.17) is 4.74 Å². The van der Waals surface area contributed by atoms with Crippen molar-refractivity contribution in [3.05, 3.63) is 50.1 Å². The zero-order valence-electron chi connectivity index (χ0n) is 10.4. The fourth-order valence-corrected chi connectivity index (χ4v) is 2.09. The van der Waals surface area contributed by atoms with Crippen LogP contribution in [-0.2, 0) is 6.54 Å². The van der Waals surface area contributed by atoms with Gasteiger partial charge in [0.1, 0.15) is 15.1 Å². The topological polar surface area (TPSA) is 67.0 Å². The average molecular weight is 371 g/mol. The van der Waals surface area contributed by atoms with Crippen LogP contribution in [0.2, 0.25) is 0 Å². The largest absolute Gasteiger partial charge is 0.494 e. The van der Waals surface area contributed by atoms with Crippen molar-refractivity contribution in [3.8, 4) is 5.75 Å². The molecule has 0 atom stereocenters. The molecular formula is C13H14IN3O2. The number of halogens is 1. The minimum Gasteiger partial charge on any atom is -0.494 e. The third kappa shape index (κ3) is 3.69. The van der Waals surface area contributed by atoms with E-state index in [0.29, 0.717) is 22.5 Å². The lowest BCUT2D eigenvalue weighted by molar-refractivity contribution is 0.340. The Kier molecular flexibility index (Phi) is 4.78. The molecule has 1 aromatic carbocycles. The van der Waals surface area contributed by atoms with Crippen LogP contribution in [0.3, 0.4) is 0 Å². The smallest absolute Gasteiger partial charge is 0.266 e. The Balaban J connectivity index is 2.08. The summed E-state index contributed by atoms with van der Waals surface area (Å²) in [5, 5.41) is 3.15. The molecule has 0 bridgehead atoms. The summed E-state index contributed by atoms with van der Waals surface area (Å²) in [6, 6.07) is 7.83. The maximum atomic E-state index is 11.4. The highest BCUT2D eigenvalue weighted by Crippen LogP contribution is 2.15. The molecule has 1 heterocycles. The highest BCUT2D eigenvalue weighted by atomic mass is 127. The zero-order chi connectivity index (χ0) is 13.7. The van der Waals surface area contributed by atoms with E-state index in [0.717, 1.165) is 11.3 Å². The first kappa shape index (κ1) is 13.9. The molecule has 0 spiro atoms. The Morgan fingerprint density at radius 1 is 1.47 bits per heavy atom. The summed E-state index contributed by atoms with van der Waals surface area (Å²) < 4.78 is 6.00. The summed E-state index contributed by atoms with van der Waals surface area (Å²) >= 11 is 1.97. The number of aromatic nitrogens is 2. The third-order valence-electron chi connectivity index (χ3n) is 2.47. The SMILES string of the molecule is CCOc1cccc(CNc2nc[nH]c(=O)c2I)c1. The number of ether oxygens (including phenoxy) is 1. The second kappa shape index (κ2) is 6.55. The summed E-state index contributed by atoms with van der Waals surface area (Å²) in [7, 11) is 0. The van der Waals surface area contributed by atoms with Crippen LogP contribution in [0, 0.1) is 3.57 Å². The average Bonchev–Trinajstić information content (AvgIpc) is 2.41. The number of anilines is 1. The van der Waals surface area contributed by atoms with Crippen molar-refractivity contribution in [2.24, 2.45) is 0 Å². The number of hydrogen-bond donors (Lipinski definition) is 2. The van der Waals surface area contributed by atoms with Crippen LogP contribution in [0.5, 0.6) is 5.75 Å². The molecule has 2 N–H and O–H groups in total. The molecule has 0 radical (unpaired) electrons. The van der Waals surface area contributed by atoms with Gasteiger partial charge in [0.2, 0.25) is 0 Å². The van der Waals surface area contributed by atoms with Gasteiger partial charge in [0.15, 0.2) is 0 Å². The fourth-order valence-electron chi connectivity index (χ4n) is 1.60. The van der Waals surface area contributed by atoms with E-state index in [2.05, 4.69) is 15.3 Å². The van der Waals surface area contributed by atoms with E-state index in [-0.39, 0.29) is 5.56 Å². The molecule has 0 unspecified atom stereocenters.